The molecule has 0 aromatic heterocycles. The molecule has 3 aromatic rings. The smallest absolute Gasteiger partial charge is 0.237 e. The Balaban J connectivity index is 1.57. The molecule has 3 heterocycles. The summed E-state index contributed by atoms with van der Waals surface area (Å²) in [7, 11) is 0. The fraction of sp³-hybridized carbons (Fsp3) is 0.241. The summed E-state index contributed by atoms with van der Waals surface area (Å²) in [5, 5.41) is 2.95. The van der Waals surface area contributed by atoms with E-state index in [-0.39, 0.29) is 22.6 Å². The van der Waals surface area contributed by atoms with Gasteiger partial charge in [-0.15, -0.1) is 0 Å². The second-order valence-corrected chi connectivity index (χ2v) is 9.99. The van der Waals surface area contributed by atoms with Crippen LogP contribution in [-0.4, -0.2) is 46.3 Å². The number of fused-ring (bicyclic) bond motifs is 6. The standard InChI is InChI=1S/C29H21FN2O4/c30-17-13-11-16(12-14-17)23(33)24-28(20-8-3-4-9-21(20)31-27(28)36)22-10-5-15-32(22)29(24)25(34)18-6-1-2-7-19(18)26(29)35/h1-4,6-9,11-14,22,24H,5,10,15H2,(H,31,36). The van der Waals surface area contributed by atoms with Crippen molar-refractivity contribution < 1.29 is 23.6 Å². The molecular weight excluding hydrogens is 459 g/mol. The summed E-state index contributed by atoms with van der Waals surface area (Å²) in [6, 6.07) is 18.4. The maximum atomic E-state index is 14.5. The van der Waals surface area contributed by atoms with Crippen LogP contribution in [0.1, 0.15) is 49.5 Å². The zero-order valence-electron chi connectivity index (χ0n) is 19.2. The van der Waals surface area contributed by atoms with Crippen molar-refractivity contribution in [3.63, 3.8) is 0 Å². The molecule has 0 bridgehead atoms. The second kappa shape index (κ2) is 7.04. The Kier molecular flexibility index (Phi) is 4.17. The quantitative estimate of drug-likeness (QED) is 0.446. The van der Waals surface area contributed by atoms with E-state index in [1.807, 2.05) is 11.0 Å². The lowest BCUT2D eigenvalue weighted by Crippen LogP contribution is -2.60. The summed E-state index contributed by atoms with van der Waals surface area (Å²) >= 11 is 0. The van der Waals surface area contributed by atoms with Crippen LogP contribution in [0, 0.1) is 11.7 Å². The molecule has 3 aliphatic heterocycles. The Labute approximate surface area is 206 Å². The predicted molar refractivity (Wildman–Crippen MR) is 129 cm³/mol. The first-order valence-corrected chi connectivity index (χ1v) is 12.1. The average molecular weight is 480 g/mol. The Morgan fingerprint density at radius 1 is 0.889 bits per heavy atom. The molecule has 1 N–H and O–H groups in total. The van der Waals surface area contributed by atoms with Crippen LogP contribution in [0.25, 0.3) is 0 Å². The van der Waals surface area contributed by atoms with E-state index < -0.39 is 46.1 Å². The molecule has 6 nitrogen and oxygen atoms in total. The van der Waals surface area contributed by atoms with Gasteiger partial charge in [-0.1, -0.05) is 42.5 Å². The summed E-state index contributed by atoms with van der Waals surface area (Å²) in [5.41, 5.74) is -1.37. The monoisotopic (exact) mass is 480 g/mol. The van der Waals surface area contributed by atoms with Gasteiger partial charge in [0.05, 0.1) is 5.92 Å². The van der Waals surface area contributed by atoms with Crippen LogP contribution in [0.15, 0.2) is 72.8 Å². The highest BCUT2D eigenvalue weighted by molar-refractivity contribution is 6.36. The van der Waals surface area contributed by atoms with Gasteiger partial charge in [-0.25, -0.2) is 4.39 Å². The van der Waals surface area contributed by atoms with Gasteiger partial charge in [0.1, 0.15) is 11.2 Å². The molecular formula is C29H21FN2O4. The second-order valence-electron chi connectivity index (χ2n) is 9.99. The molecule has 2 fully saturated rings. The molecule has 3 unspecified atom stereocenters. The van der Waals surface area contributed by atoms with Crippen molar-refractivity contribution in [3.05, 3.63) is 101 Å². The summed E-state index contributed by atoms with van der Waals surface area (Å²) in [6.45, 7) is 0.417. The number of amides is 1. The first-order valence-electron chi connectivity index (χ1n) is 12.1. The lowest BCUT2D eigenvalue weighted by Gasteiger charge is -2.37. The molecule has 3 aromatic carbocycles. The van der Waals surface area contributed by atoms with E-state index in [2.05, 4.69) is 5.32 Å². The van der Waals surface area contributed by atoms with Crippen molar-refractivity contribution in [2.24, 2.45) is 5.92 Å². The van der Waals surface area contributed by atoms with Crippen LogP contribution in [0.2, 0.25) is 0 Å². The average Bonchev–Trinajstić information content (AvgIpc) is 3.60. The molecule has 2 spiro atoms. The van der Waals surface area contributed by atoms with Gasteiger partial charge in [-0.05, 0) is 55.3 Å². The third kappa shape index (κ3) is 2.25. The summed E-state index contributed by atoms with van der Waals surface area (Å²) in [6.07, 6.45) is 1.26. The van der Waals surface area contributed by atoms with Crippen LogP contribution in [-0.2, 0) is 10.2 Å². The number of Topliss-reactive ketones (excluding diaryl/α,β-unsaturated/α-hetero) is 3. The van der Waals surface area contributed by atoms with E-state index in [4.69, 9.17) is 0 Å². The van der Waals surface area contributed by atoms with Gasteiger partial charge < -0.3 is 5.32 Å². The van der Waals surface area contributed by atoms with E-state index in [0.29, 0.717) is 30.6 Å². The van der Waals surface area contributed by atoms with E-state index in [1.165, 1.54) is 24.3 Å². The van der Waals surface area contributed by atoms with Gasteiger partial charge >= 0.3 is 0 Å². The van der Waals surface area contributed by atoms with Crippen molar-refractivity contribution in [1.29, 1.82) is 0 Å². The van der Waals surface area contributed by atoms with Crippen LogP contribution in [0.5, 0.6) is 0 Å². The Hall–Kier alpha value is -3.97. The molecule has 0 radical (unpaired) electrons. The van der Waals surface area contributed by atoms with Gasteiger partial charge in [-0.2, -0.15) is 0 Å². The molecule has 178 valence electrons. The lowest BCUT2D eigenvalue weighted by molar-refractivity contribution is -0.122. The van der Waals surface area contributed by atoms with Gasteiger partial charge in [-0.3, -0.25) is 24.1 Å². The highest BCUT2D eigenvalue weighted by atomic mass is 19.1. The van der Waals surface area contributed by atoms with E-state index >= 15 is 0 Å². The van der Waals surface area contributed by atoms with Gasteiger partial charge in [0.25, 0.3) is 0 Å². The number of rotatable bonds is 2. The maximum absolute atomic E-state index is 14.5. The molecule has 0 saturated carbocycles. The lowest BCUT2D eigenvalue weighted by atomic mass is 9.60. The fourth-order valence-corrected chi connectivity index (χ4v) is 7.36. The zero-order valence-corrected chi connectivity index (χ0v) is 19.2. The number of hydrogen-bond donors (Lipinski definition) is 1. The topological polar surface area (TPSA) is 83.6 Å². The minimum atomic E-state index is -1.84. The fourth-order valence-electron chi connectivity index (χ4n) is 7.36. The third-order valence-electron chi connectivity index (χ3n) is 8.60. The van der Waals surface area contributed by atoms with Gasteiger partial charge in [0.2, 0.25) is 5.91 Å². The number of halogens is 1. The highest BCUT2D eigenvalue weighted by Crippen LogP contribution is 2.63. The minimum absolute atomic E-state index is 0.162. The molecule has 7 heteroatoms. The van der Waals surface area contributed by atoms with Crippen LogP contribution < -0.4 is 5.32 Å². The third-order valence-corrected chi connectivity index (χ3v) is 8.60. The molecule has 36 heavy (non-hydrogen) atoms. The van der Waals surface area contributed by atoms with Crippen molar-refractivity contribution in [3.8, 4) is 0 Å². The summed E-state index contributed by atoms with van der Waals surface area (Å²) in [4.78, 5) is 59.0. The van der Waals surface area contributed by atoms with Gasteiger partial charge in [0.15, 0.2) is 22.9 Å². The molecule has 2 saturated heterocycles. The van der Waals surface area contributed by atoms with Crippen LogP contribution in [0.4, 0.5) is 10.1 Å². The Morgan fingerprint density at radius 3 is 2.22 bits per heavy atom. The summed E-state index contributed by atoms with van der Waals surface area (Å²) in [5.74, 6) is -3.58. The molecule has 7 rings (SSSR count). The molecule has 4 aliphatic rings. The summed E-state index contributed by atoms with van der Waals surface area (Å²) < 4.78 is 13.8. The number of carbonyl (C=O) groups is 4. The predicted octanol–water partition coefficient (Wildman–Crippen LogP) is 3.81. The maximum Gasteiger partial charge on any atom is 0.237 e. The Bertz CT molecular complexity index is 1480. The largest absolute Gasteiger partial charge is 0.325 e. The number of nitrogens with one attached hydrogen (secondary N) is 1. The number of carbonyl (C=O) groups excluding carboxylic acids is 4. The number of ketones is 3. The minimum Gasteiger partial charge on any atom is -0.325 e. The van der Waals surface area contributed by atoms with E-state index in [1.54, 1.807) is 42.5 Å². The van der Waals surface area contributed by atoms with E-state index in [0.717, 1.165) is 0 Å². The number of hydrogen-bond acceptors (Lipinski definition) is 5. The SMILES string of the molecule is O=C(c1ccc(F)cc1)C1C2(C(=O)Nc3ccccc32)C2CCCN2C12C(=O)c1ccccc1C2=O. The van der Waals surface area contributed by atoms with Crippen molar-refractivity contribution in [2.45, 2.75) is 29.8 Å². The normalized spacial score (nSPS) is 27.4. The van der Waals surface area contributed by atoms with Crippen molar-refractivity contribution >= 4 is 28.9 Å². The highest BCUT2D eigenvalue weighted by Gasteiger charge is 2.80. The van der Waals surface area contributed by atoms with Crippen LogP contribution >= 0.6 is 0 Å². The van der Waals surface area contributed by atoms with Crippen LogP contribution in [0.3, 0.4) is 0 Å². The van der Waals surface area contributed by atoms with Gasteiger partial charge in [0, 0.05) is 28.4 Å². The number of para-hydroxylation sites is 1. The van der Waals surface area contributed by atoms with Crippen molar-refractivity contribution in [1.82, 2.24) is 4.90 Å². The number of benzene rings is 3. The Morgan fingerprint density at radius 2 is 1.53 bits per heavy atom. The van der Waals surface area contributed by atoms with E-state index in [9.17, 15) is 23.6 Å². The number of nitrogens with zero attached hydrogens (tertiary/aromatic N) is 1. The first kappa shape index (κ1) is 21.3. The molecule has 1 amide bonds. The van der Waals surface area contributed by atoms with Crippen molar-refractivity contribution in [2.75, 3.05) is 11.9 Å². The molecule has 1 aliphatic carbocycles. The zero-order chi connectivity index (χ0) is 24.8. The number of anilines is 1. The molecule has 3 atom stereocenters. The first-order chi connectivity index (χ1) is 17.4.